The summed E-state index contributed by atoms with van der Waals surface area (Å²) in [5.41, 5.74) is 2.55. The molecule has 0 radical (unpaired) electrons. The number of nitrogens with zero attached hydrogens (tertiary/aromatic N) is 2. The highest BCUT2D eigenvalue weighted by Gasteiger charge is 2.25. The SMILES string of the molecule is O=C(c1[nH]c2ccc(Br)cc2c1Cl)N1CCN(c2ccccc2)CC1. The maximum Gasteiger partial charge on any atom is 0.271 e. The number of anilines is 1. The number of fused-ring (bicyclic) bond motifs is 1. The smallest absolute Gasteiger partial charge is 0.271 e. The van der Waals surface area contributed by atoms with Gasteiger partial charge in [-0.2, -0.15) is 0 Å². The van der Waals surface area contributed by atoms with Gasteiger partial charge >= 0.3 is 0 Å². The van der Waals surface area contributed by atoms with Crippen LogP contribution in [-0.4, -0.2) is 42.0 Å². The summed E-state index contributed by atoms with van der Waals surface area (Å²) in [7, 11) is 0. The maximum atomic E-state index is 12.9. The molecule has 0 unspecified atom stereocenters. The second kappa shape index (κ2) is 6.73. The Morgan fingerprint density at radius 1 is 1.04 bits per heavy atom. The maximum absolute atomic E-state index is 12.9. The molecule has 0 bridgehead atoms. The number of benzene rings is 2. The number of hydrogen-bond donors (Lipinski definition) is 1. The second-order valence-electron chi connectivity index (χ2n) is 6.12. The average molecular weight is 419 g/mol. The van der Waals surface area contributed by atoms with Crippen molar-refractivity contribution in [3.8, 4) is 0 Å². The van der Waals surface area contributed by atoms with E-state index in [1.165, 1.54) is 5.69 Å². The number of carbonyl (C=O) groups excluding carboxylic acids is 1. The van der Waals surface area contributed by atoms with Crippen LogP contribution in [0.1, 0.15) is 10.5 Å². The summed E-state index contributed by atoms with van der Waals surface area (Å²) in [4.78, 5) is 20.2. The molecule has 0 aliphatic carbocycles. The zero-order valence-corrected chi connectivity index (χ0v) is 15.8. The van der Waals surface area contributed by atoms with E-state index in [-0.39, 0.29) is 5.91 Å². The lowest BCUT2D eigenvalue weighted by atomic mass is 10.2. The van der Waals surface area contributed by atoms with Gasteiger partial charge in [-0.1, -0.05) is 45.7 Å². The predicted molar refractivity (Wildman–Crippen MR) is 106 cm³/mol. The third-order valence-electron chi connectivity index (χ3n) is 4.60. The molecular formula is C19H17BrClN3O. The molecule has 4 rings (SSSR count). The Labute approximate surface area is 159 Å². The minimum absolute atomic E-state index is 0.0370. The first-order chi connectivity index (χ1) is 12.1. The summed E-state index contributed by atoms with van der Waals surface area (Å²) < 4.78 is 0.941. The van der Waals surface area contributed by atoms with Gasteiger partial charge in [0.15, 0.2) is 0 Å². The van der Waals surface area contributed by atoms with E-state index in [9.17, 15) is 4.79 Å². The van der Waals surface area contributed by atoms with Crippen LogP contribution in [0.5, 0.6) is 0 Å². The van der Waals surface area contributed by atoms with Crippen molar-refractivity contribution in [3.05, 3.63) is 63.7 Å². The highest BCUT2D eigenvalue weighted by atomic mass is 79.9. The number of para-hydroxylation sites is 1. The van der Waals surface area contributed by atoms with Crippen molar-refractivity contribution in [2.24, 2.45) is 0 Å². The van der Waals surface area contributed by atoms with Crippen LogP contribution in [0.2, 0.25) is 5.02 Å². The van der Waals surface area contributed by atoms with Gasteiger partial charge in [0.1, 0.15) is 5.69 Å². The zero-order chi connectivity index (χ0) is 17.4. The largest absolute Gasteiger partial charge is 0.368 e. The average Bonchev–Trinajstić information content (AvgIpc) is 2.98. The Morgan fingerprint density at radius 2 is 1.76 bits per heavy atom. The number of aromatic amines is 1. The normalized spacial score (nSPS) is 15.0. The van der Waals surface area contributed by atoms with E-state index in [0.29, 0.717) is 23.8 Å². The van der Waals surface area contributed by atoms with Crippen molar-refractivity contribution in [3.63, 3.8) is 0 Å². The molecule has 4 nitrogen and oxygen atoms in total. The lowest BCUT2D eigenvalue weighted by molar-refractivity contribution is 0.0742. The molecule has 1 aliphatic rings. The molecule has 3 aromatic rings. The number of rotatable bonds is 2. The van der Waals surface area contributed by atoms with Gasteiger partial charge in [0.2, 0.25) is 0 Å². The molecule has 0 atom stereocenters. The Morgan fingerprint density at radius 3 is 2.48 bits per heavy atom. The predicted octanol–water partition coefficient (Wildman–Crippen LogP) is 4.55. The number of piperazine rings is 1. The molecule has 6 heteroatoms. The first-order valence-corrected chi connectivity index (χ1v) is 9.36. The Hall–Kier alpha value is -1.98. The van der Waals surface area contributed by atoms with E-state index in [1.807, 2.05) is 41.3 Å². The van der Waals surface area contributed by atoms with Gasteiger partial charge in [-0.25, -0.2) is 0 Å². The van der Waals surface area contributed by atoms with Crippen LogP contribution in [0.25, 0.3) is 10.9 Å². The van der Waals surface area contributed by atoms with Crippen LogP contribution in [0.15, 0.2) is 53.0 Å². The Kier molecular flexibility index (Phi) is 4.44. The number of hydrogen-bond acceptors (Lipinski definition) is 2. The van der Waals surface area contributed by atoms with Crippen LogP contribution in [0.3, 0.4) is 0 Å². The highest BCUT2D eigenvalue weighted by molar-refractivity contribution is 9.10. The van der Waals surface area contributed by atoms with Crippen LogP contribution in [0, 0.1) is 0 Å². The van der Waals surface area contributed by atoms with Crippen molar-refractivity contribution in [2.75, 3.05) is 31.1 Å². The standard InChI is InChI=1S/C19H17BrClN3O/c20-13-6-7-16-15(12-13)17(21)18(22-16)19(25)24-10-8-23(9-11-24)14-4-2-1-3-5-14/h1-7,12,22H,8-11H2. The van der Waals surface area contributed by atoms with Crippen LogP contribution in [-0.2, 0) is 0 Å². The second-order valence-corrected chi connectivity index (χ2v) is 7.41. The van der Waals surface area contributed by atoms with Gasteiger partial charge in [0.05, 0.1) is 5.02 Å². The number of H-pyrrole nitrogens is 1. The number of nitrogens with one attached hydrogen (secondary N) is 1. The Bertz CT molecular complexity index is 917. The number of aromatic nitrogens is 1. The minimum Gasteiger partial charge on any atom is -0.368 e. The molecule has 1 N–H and O–H groups in total. The molecule has 0 spiro atoms. The summed E-state index contributed by atoms with van der Waals surface area (Å²) >= 11 is 9.90. The molecular weight excluding hydrogens is 402 g/mol. The van der Waals surface area contributed by atoms with E-state index >= 15 is 0 Å². The summed E-state index contributed by atoms with van der Waals surface area (Å²) in [5, 5.41) is 1.36. The fourth-order valence-electron chi connectivity index (χ4n) is 3.24. The first-order valence-electron chi connectivity index (χ1n) is 8.19. The van der Waals surface area contributed by atoms with Gasteiger partial charge in [0.25, 0.3) is 5.91 Å². The van der Waals surface area contributed by atoms with Crippen LogP contribution >= 0.6 is 27.5 Å². The van der Waals surface area contributed by atoms with E-state index in [1.54, 1.807) is 0 Å². The molecule has 128 valence electrons. The lowest BCUT2D eigenvalue weighted by Gasteiger charge is -2.36. The molecule has 0 saturated carbocycles. The zero-order valence-electron chi connectivity index (χ0n) is 13.5. The lowest BCUT2D eigenvalue weighted by Crippen LogP contribution is -2.48. The number of amides is 1. The third-order valence-corrected chi connectivity index (χ3v) is 5.49. The molecule has 1 aromatic heterocycles. The van der Waals surface area contributed by atoms with E-state index < -0.39 is 0 Å². The number of carbonyl (C=O) groups is 1. The summed E-state index contributed by atoms with van der Waals surface area (Å²) in [6, 6.07) is 16.1. The van der Waals surface area contributed by atoms with Crippen molar-refractivity contribution in [1.29, 1.82) is 0 Å². The van der Waals surface area contributed by atoms with Gasteiger partial charge in [-0.3, -0.25) is 4.79 Å². The molecule has 25 heavy (non-hydrogen) atoms. The molecule has 1 fully saturated rings. The summed E-state index contributed by atoms with van der Waals surface area (Å²) in [6.45, 7) is 3.00. The van der Waals surface area contributed by atoms with E-state index in [2.05, 4.69) is 37.9 Å². The highest BCUT2D eigenvalue weighted by Crippen LogP contribution is 2.30. The van der Waals surface area contributed by atoms with Gasteiger partial charge < -0.3 is 14.8 Å². The van der Waals surface area contributed by atoms with Gasteiger partial charge in [-0.05, 0) is 30.3 Å². The molecule has 1 amide bonds. The van der Waals surface area contributed by atoms with Crippen molar-refractivity contribution >= 4 is 50.0 Å². The van der Waals surface area contributed by atoms with Crippen molar-refractivity contribution in [1.82, 2.24) is 9.88 Å². The summed E-state index contributed by atoms with van der Waals surface area (Å²) in [6.07, 6.45) is 0. The van der Waals surface area contributed by atoms with Gasteiger partial charge in [0, 0.05) is 47.2 Å². The fourth-order valence-corrected chi connectivity index (χ4v) is 3.89. The van der Waals surface area contributed by atoms with Crippen LogP contribution < -0.4 is 4.90 Å². The third kappa shape index (κ3) is 3.14. The van der Waals surface area contributed by atoms with E-state index in [4.69, 9.17) is 11.6 Å². The fraction of sp³-hybridized carbons (Fsp3) is 0.211. The summed E-state index contributed by atoms with van der Waals surface area (Å²) in [5.74, 6) is -0.0370. The molecule has 1 saturated heterocycles. The first kappa shape index (κ1) is 16.5. The van der Waals surface area contributed by atoms with Crippen molar-refractivity contribution in [2.45, 2.75) is 0 Å². The monoisotopic (exact) mass is 417 g/mol. The number of halogens is 2. The molecule has 1 aliphatic heterocycles. The van der Waals surface area contributed by atoms with Crippen LogP contribution in [0.4, 0.5) is 5.69 Å². The molecule has 2 aromatic carbocycles. The molecule has 2 heterocycles. The topological polar surface area (TPSA) is 39.3 Å². The quantitative estimate of drug-likeness (QED) is 0.663. The van der Waals surface area contributed by atoms with Gasteiger partial charge in [-0.15, -0.1) is 0 Å². The Balaban J connectivity index is 1.52. The van der Waals surface area contributed by atoms with Crippen molar-refractivity contribution < 1.29 is 4.79 Å². The minimum atomic E-state index is -0.0370. The van der Waals surface area contributed by atoms with E-state index in [0.717, 1.165) is 28.5 Å².